The van der Waals surface area contributed by atoms with Crippen molar-refractivity contribution in [2.24, 2.45) is 0 Å². The Morgan fingerprint density at radius 3 is 2.13 bits per heavy atom. The van der Waals surface area contributed by atoms with Gasteiger partial charge in [-0.25, -0.2) is 0 Å². The van der Waals surface area contributed by atoms with E-state index >= 15 is 0 Å². The third-order valence-corrected chi connectivity index (χ3v) is 3.37. The zero-order chi connectivity index (χ0) is 16.7. The third kappa shape index (κ3) is 5.23. The maximum atomic E-state index is 12.0. The van der Waals surface area contributed by atoms with Crippen molar-refractivity contribution in [1.82, 2.24) is 5.32 Å². The highest BCUT2D eigenvalue weighted by atomic mass is 16.3. The molecule has 0 heterocycles. The van der Waals surface area contributed by atoms with Gasteiger partial charge < -0.3 is 15.7 Å². The van der Waals surface area contributed by atoms with E-state index in [-0.39, 0.29) is 18.4 Å². The Kier molecular flexibility index (Phi) is 5.88. The van der Waals surface area contributed by atoms with Crippen LogP contribution in [0.3, 0.4) is 0 Å². The quantitative estimate of drug-likeness (QED) is 0.764. The Labute approximate surface area is 135 Å². The van der Waals surface area contributed by atoms with E-state index in [1.807, 2.05) is 24.3 Å². The summed E-state index contributed by atoms with van der Waals surface area (Å²) in [5, 5.41) is 14.5. The molecule has 0 spiro atoms. The average molecular weight is 312 g/mol. The summed E-state index contributed by atoms with van der Waals surface area (Å²) in [6.07, 6.45) is 0.724. The molecule has 0 aliphatic heterocycles. The molecule has 0 aliphatic carbocycles. The topological polar surface area (TPSA) is 78.4 Å². The molecule has 120 valence electrons. The number of carbonyl (C=O) groups excluding carboxylic acids is 2. The SMILES string of the molecule is CC(=O)Nc1ccc(C(=O)NCCc2ccc(CO)cc2)cc1. The van der Waals surface area contributed by atoms with E-state index in [0.29, 0.717) is 17.8 Å². The maximum Gasteiger partial charge on any atom is 0.251 e. The van der Waals surface area contributed by atoms with Gasteiger partial charge in [-0.15, -0.1) is 0 Å². The number of nitrogens with one attached hydrogen (secondary N) is 2. The highest BCUT2D eigenvalue weighted by Crippen LogP contribution is 2.09. The van der Waals surface area contributed by atoms with E-state index in [9.17, 15) is 9.59 Å². The summed E-state index contributed by atoms with van der Waals surface area (Å²) in [5.74, 6) is -0.291. The summed E-state index contributed by atoms with van der Waals surface area (Å²) < 4.78 is 0. The Morgan fingerprint density at radius 2 is 1.57 bits per heavy atom. The van der Waals surface area contributed by atoms with Gasteiger partial charge in [-0.3, -0.25) is 9.59 Å². The molecule has 23 heavy (non-hydrogen) atoms. The van der Waals surface area contributed by atoms with E-state index < -0.39 is 0 Å². The second kappa shape index (κ2) is 8.10. The zero-order valence-electron chi connectivity index (χ0n) is 13.0. The number of hydrogen-bond acceptors (Lipinski definition) is 3. The van der Waals surface area contributed by atoms with E-state index in [4.69, 9.17) is 5.11 Å². The van der Waals surface area contributed by atoms with Crippen molar-refractivity contribution in [2.75, 3.05) is 11.9 Å². The minimum absolute atomic E-state index is 0.0332. The smallest absolute Gasteiger partial charge is 0.251 e. The summed E-state index contributed by atoms with van der Waals surface area (Å²) in [6, 6.07) is 14.4. The van der Waals surface area contributed by atoms with Crippen molar-refractivity contribution in [2.45, 2.75) is 20.0 Å². The summed E-state index contributed by atoms with van der Waals surface area (Å²) in [4.78, 5) is 23.0. The number of benzene rings is 2. The molecule has 3 N–H and O–H groups in total. The van der Waals surface area contributed by atoms with Crippen LogP contribution in [0.4, 0.5) is 5.69 Å². The van der Waals surface area contributed by atoms with Crippen LogP contribution < -0.4 is 10.6 Å². The van der Waals surface area contributed by atoms with Gasteiger partial charge in [-0.2, -0.15) is 0 Å². The minimum atomic E-state index is -0.147. The number of aliphatic hydroxyl groups excluding tert-OH is 1. The second-order valence-corrected chi connectivity index (χ2v) is 5.24. The van der Waals surface area contributed by atoms with Gasteiger partial charge in [0.05, 0.1) is 6.61 Å². The van der Waals surface area contributed by atoms with Crippen molar-refractivity contribution < 1.29 is 14.7 Å². The summed E-state index contributed by atoms with van der Waals surface area (Å²) in [7, 11) is 0. The van der Waals surface area contributed by atoms with Crippen LogP contribution in [-0.2, 0) is 17.8 Å². The summed E-state index contributed by atoms with van der Waals surface area (Å²) in [5.41, 5.74) is 3.19. The largest absolute Gasteiger partial charge is 0.392 e. The highest BCUT2D eigenvalue weighted by Gasteiger charge is 2.05. The molecular weight excluding hydrogens is 292 g/mol. The number of rotatable bonds is 6. The van der Waals surface area contributed by atoms with Crippen LogP contribution in [0.2, 0.25) is 0 Å². The molecule has 0 aliphatic rings. The number of aliphatic hydroxyl groups is 1. The predicted octanol–water partition coefficient (Wildman–Crippen LogP) is 2.11. The molecule has 5 heteroatoms. The Balaban J connectivity index is 1.83. The lowest BCUT2D eigenvalue weighted by molar-refractivity contribution is -0.114. The van der Waals surface area contributed by atoms with Gasteiger partial charge in [-0.1, -0.05) is 24.3 Å². The Morgan fingerprint density at radius 1 is 0.957 bits per heavy atom. The molecule has 5 nitrogen and oxygen atoms in total. The molecule has 0 saturated heterocycles. The van der Waals surface area contributed by atoms with Crippen LogP contribution >= 0.6 is 0 Å². The number of carbonyl (C=O) groups is 2. The van der Waals surface area contributed by atoms with Crippen molar-refractivity contribution in [1.29, 1.82) is 0 Å². The van der Waals surface area contributed by atoms with Gasteiger partial charge in [0, 0.05) is 24.7 Å². The van der Waals surface area contributed by atoms with Crippen molar-refractivity contribution in [3.8, 4) is 0 Å². The highest BCUT2D eigenvalue weighted by molar-refractivity contribution is 5.95. The first kappa shape index (κ1) is 16.7. The molecule has 2 aromatic carbocycles. The molecule has 0 radical (unpaired) electrons. The van der Waals surface area contributed by atoms with E-state index in [1.165, 1.54) is 6.92 Å². The van der Waals surface area contributed by atoms with Crippen LogP contribution in [0.5, 0.6) is 0 Å². The van der Waals surface area contributed by atoms with Gasteiger partial charge in [0.15, 0.2) is 0 Å². The van der Waals surface area contributed by atoms with Gasteiger partial charge >= 0.3 is 0 Å². The van der Waals surface area contributed by atoms with Crippen molar-refractivity contribution in [3.63, 3.8) is 0 Å². The van der Waals surface area contributed by atoms with Crippen LogP contribution in [0.25, 0.3) is 0 Å². The van der Waals surface area contributed by atoms with Gasteiger partial charge in [0.2, 0.25) is 5.91 Å². The third-order valence-electron chi connectivity index (χ3n) is 3.37. The first-order chi connectivity index (χ1) is 11.1. The first-order valence-electron chi connectivity index (χ1n) is 7.43. The molecule has 2 rings (SSSR count). The number of amides is 2. The van der Waals surface area contributed by atoms with Gasteiger partial charge in [0.1, 0.15) is 0 Å². The lowest BCUT2D eigenvalue weighted by Gasteiger charge is -2.07. The molecule has 2 amide bonds. The zero-order valence-corrected chi connectivity index (χ0v) is 13.0. The molecule has 2 aromatic rings. The average Bonchev–Trinajstić information content (AvgIpc) is 2.55. The Bertz CT molecular complexity index is 664. The van der Waals surface area contributed by atoms with Crippen LogP contribution in [0, 0.1) is 0 Å². The van der Waals surface area contributed by atoms with Crippen LogP contribution in [0.1, 0.15) is 28.4 Å². The minimum Gasteiger partial charge on any atom is -0.392 e. The molecule has 0 saturated carbocycles. The van der Waals surface area contributed by atoms with Crippen LogP contribution in [-0.4, -0.2) is 23.5 Å². The van der Waals surface area contributed by atoms with Gasteiger partial charge in [0.25, 0.3) is 5.91 Å². The molecule has 0 atom stereocenters. The molecule has 0 aromatic heterocycles. The van der Waals surface area contributed by atoms with E-state index in [0.717, 1.165) is 17.5 Å². The van der Waals surface area contributed by atoms with Crippen molar-refractivity contribution in [3.05, 3.63) is 65.2 Å². The molecule has 0 bridgehead atoms. The lowest BCUT2D eigenvalue weighted by Crippen LogP contribution is -2.25. The van der Waals surface area contributed by atoms with Crippen molar-refractivity contribution >= 4 is 17.5 Å². The normalized spacial score (nSPS) is 10.2. The lowest BCUT2D eigenvalue weighted by atomic mass is 10.1. The fourth-order valence-corrected chi connectivity index (χ4v) is 2.14. The van der Waals surface area contributed by atoms with Crippen LogP contribution in [0.15, 0.2) is 48.5 Å². The number of anilines is 1. The van der Waals surface area contributed by atoms with Gasteiger partial charge in [-0.05, 0) is 41.8 Å². The molecule has 0 fully saturated rings. The monoisotopic (exact) mass is 312 g/mol. The molecular formula is C18H20N2O3. The fraction of sp³-hybridized carbons (Fsp3) is 0.222. The Hall–Kier alpha value is -2.66. The maximum absolute atomic E-state index is 12.0. The number of hydrogen-bond donors (Lipinski definition) is 3. The predicted molar refractivity (Wildman–Crippen MR) is 89.1 cm³/mol. The van der Waals surface area contributed by atoms with E-state index in [2.05, 4.69) is 10.6 Å². The standard InChI is InChI=1S/C18H20N2O3/c1-13(22)20-17-8-6-16(7-9-17)18(23)19-11-10-14-2-4-15(12-21)5-3-14/h2-9,21H,10-12H2,1H3,(H,19,23)(H,20,22). The first-order valence-corrected chi connectivity index (χ1v) is 7.43. The van der Waals surface area contributed by atoms with E-state index in [1.54, 1.807) is 24.3 Å². The molecule has 0 unspecified atom stereocenters. The summed E-state index contributed by atoms with van der Waals surface area (Å²) in [6.45, 7) is 2.00. The second-order valence-electron chi connectivity index (χ2n) is 5.24. The fourth-order valence-electron chi connectivity index (χ4n) is 2.14. The summed E-state index contributed by atoms with van der Waals surface area (Å²) >= 11 is 0.